The first-order valence-corrected chi connectivity index (χ1v) is 11.1. The van der Waals surface area contributed by atoms with E-state index in [0.717, 1.165) is 65.6 Å². The lowest BCUT2D eigenvalue weighted by Crippen LogP contribution is -2.56. The molecular weight excluding hydrogens is 398 g/mol. The number of hydrogen-bond acceptors (Lipinski definition) is 6. The summed E-state index contributed by atoms with van der Waals surface area (Å²) in [7, 11) is 1.78. The number of benzene rings is 1. The molecular formula is C22H29N5O2S. The molecule has 8 heteroatoms. The van der Waals surface area contributed by atoms with Crippen LogP contribution in [0.4, 0.5) is 0 Å². The number of furan rings is 1. The third-order valence-corrected chi connectivity index (χ3v) is 6.43. The number of para-hydroxylation sites is 1. The minimum Gasteiger partial charge on any atom is -0.457 e. The SMILES string of the molecule is CN=C(NCc1ccc(-c2nc3ccccc3s2)o1)NCC(C)(C)N1CCOCC1. The van der Waals surface area contributed by atoms with Crippen molar-refractivity contribution in [3.8, 4) is 10.8 Å². The maximum absolute atomic E-state index is 6.02. The second-order valence-corrected chi connectivity index (χ2v) is 8.97. The molecule has 0 unspecified atom stereocenters. The van der Waals surface area contributed by atoms with Gasteiger partial charge in [0, 0.05) is 32.2 Å². The maximum Gasteiger partial charge on any atom is 0.191 e. The molecule has 0 bridgehead atoms. The number of aromatic nitrogens is 1. The molecule has 0 radical (unpaired) electrons. The van der Waals surface area contributed by atoms with Crippen molar-refractivity contribution in [2.24, 2.45) is 4.99 Å². The zero-order valence-corrected chi connectivity index (χ0v) is 18.6. The van der Waals surface area contributed by atoms with Gasteiger partial charge in [-0.15, -0.1) is 11.3 Å². The van der Waals surface area contributed by atoms with Crippen LogP contribution in [0.3, 0.4) is 0 Å². The third kappa shape index (κ3) is 4.83. The topological polar surface area (TPSA) is 74.9 Å². The largest absolute Gasteiger partial charge is 0.457 e. The van der Waals surface area contributed by atoms with Crippen LogP contribution in [0.5, 0.6) is 0 Å². The van der Waals surface area contributed by atoms with Crippen molar-refractivity contribution in [2.45, 2.75) is 25.9 Å². The minimum absolute atomic E-state index is 0.0199. The highest BCUT2D eigenvalue weighted by Crippen LogP contribution is 2.31. The highest BCUT2D eigenvalue weighted by atomic mass is 32.1. The van der Waals surface area contributed by atoms with Gasteiger partial charge in [0.25, 0.3) is 0 Å². The number of ether oxygens (including phenoxy) is 1. The monoisotopic (exact) mass is 427 g/mol. The predicted molar refractivity (Wildman–Crippen MR) is 122 cm³/mol. The predicted octanol–water partition coefficient (Wildman–Crippen LogP) is 3.33. The number of hydrogen-bond donors (Lipinski definition) is 2. The van der Waals surface area contributed by atoms with Crippen LogP contribution in [0.2, 0.25) is 0 Å². The molecule has 1 saturated heterocycles. The van der Waals surface area contributed by atoms with Crippen LogP contribution in [0.25, 0.3) is 21.0 Å². The number of nitrogens with one attached hydrogen (secondary N) is 2. The normalized spacial score (nSPS) is 16.2. The van der Waals surface area contributed by atoms with Crippen LogP contribution in [0, 0.1) is 0 Å². The van der Waals surface area contributed by atoms with Crippen molar-refractivity contribution in [3.63, 3.8) is 0 Å². The maximum atomic E-state index is 6.02. The minimum atomic E-state index is 0.0199. The summed E-state index contributed by atoms with van der Waals surface area (Å²) in [4.78, 5) is 11.5. The van der Waals surface area contributed by atoms with Crippen LogP contribution in [0.15, 0.2) is 45.8 Å². The number of nitrogens with zero attached hydrogens (tertiary/aromatic N) is 3. The average molecular weight is 428 g/mol. The van der Waals surface area contributed by atoms with E-state index in [1.54, 1.807) is 18.4 Å². The van der Waals surface area contributed by atoms with E-state index in [-0.39, 0.29) is 5.54 Å². The molecule has 30 heavy (non-hydrogen) atoms. The Hall–Kier alpha value is -2.42. The number of fused-ring (bicyclic) bond motifs is 1. The number of guanidine groups is 1. The Morgan fingerprint density at radius 1 is 1.17 bits per heavy atom. The second kappa shape index (κ2) is 9.16. The van der Waals surface area contributed by atoms with E-state index in [4.69, 9.17) is 9.15 Å². The summed E-state index contributed by atoms with van der Waals surface area (Å²) in [6, 6.07) is 12.1. The molecule has 7 nitrogen and oxygen atoms in total. The molecule has 2 N–H and O–H groups in total. The first-order valence-electron chi connectivity index (χ1n) is 10.3. The van der Waals surface area contributed by atoms with E-state index in [2.05, 4.69) is 45.4 Å². The van der Waals surface area contributed by atoms with Gasteiger partial charge in [-0.25, -0.2) is 4.98 Å². The van der Waals surface area contributed by atoms with E-state index in [1.807, 2.05) is 30.3 Å². The quantitative estimate of drug-likeness (QED) is 0.464. The van der Waals surface area contributed by atoms with Crippen LogP contribution < -0.4 is 10.6 Å². The Kier molecular flexibility index (Phi) is 6.36. The molecule has 1 fully saturated rings. The standard InChI is InChI=1S/C22H29N5O2S/c1-22(2,27-10-12-28-13-11-27)15-25-21(23-3)24-14-16-8-9-18(29-16)20-26-17-6-4-5-7-19(17)30-20/h4-9H,10-15H2,1-3H3,(H2,23,24,25). The highest BCUT2D eigenvalue weighted by molar-refractivity contribution is 7.21. The van der Waals surface area contributed by atoms with E-state index in [0.29, 0.717) is 6.54 Å². The lowest BCUT2D eigenvalue weighted by molar-refractivity contribution is -0.00834. The van der Waals surface area contributed by atoms with Gasteiger partial charge < -0.3 is 19.8 Å². The Balaban J connectivity index is 1.32. The number of rotatable bonds is 6. The number of morpholine rings is 1. The van der Waals surface area contributed by atoms with Gasteiger partial charge in [-0.1, -0.05) is 12.1 Å². The molecule has 0 spiro atoms. The summed E-state index contributed by atoms with van der Waals surface area (Å²) in [6.45, 7) is 9.36. The number of thiazole rings is 1. The van der Waals surface area contributed by atoms with Crippen molar-refractivity contribution in [2.75, 3.05) is 39.9 Å². The van der Waals surface area contributed by atoms with Crippen molar-refractivity contribution in [1.82, 2.24) is 20.5 Å². The molecule has 3 heterocycles. The molecule has 160 valence electrons. The summed E-state index contributed by atoms with van der Waals surface area (Å²) < 4.78 is 12.6. The Bertz CT molecular complexity index is 971. The average Bonchev–Trinajstić information content (AvgIpc) is 3.41. The van der Waals surface area contributed by atoms with Crippen molar-refractivity contribution >= 4 is 27.5 Å². The number of aliphatic imine (C=N–C) groups is 1. The fraction of sp³-hybridized carbons (Fsp3) is 0.455. The molecule has 0 aliphatic carbocycles. The molecule has 0 saturated carbocycles. The van der Waals surface area contributed by atoms with E-state index < -0.39 is 0 Å². The van der Waals surface area contributed by atoms with Gasteiger partial charge in [0.1, 0.15) is 5.76 Å². The third-order valence-electron chi connectivity index (χ3n) is 5.38. The lowest BCUT2D eigenvalue weighted by Gasteiger charge is -2.41. The van der Waals surface area contributed by atoms with Gasteiger partial charge in [0.15, 0.2) is 16.7 Å². The fourth-order valence-corrected chi connectivity index (χ4v) is 4.46. The molecule has 3 aromatic rings. The van der Waals surface area contributed by atoms with E-state index in [1.165, 1.54) is 0 Å². The molecule has 1 aliphatic rings. The zero-order valence-electron chi connectivity index (χ0n) is 17.8. The van der Waals surface area contributed by atoms with Crippen LogP contribution in [0.1, 0.15) is 19.6 Å². The van der Waals surface area contributed by atoms with Crippen molar-refractivity contribution in [1.29, 1.82) is 0 Å². The van der Waals surface area contributed by atoms with Gasteiger partial charge in [-0.05, 0) is 38.1 Å². The Morgan fingerprint density at radius 2 is 1.97 bits per heavy atom. The van der Waals surface area contributed by atoms with Crippen LogP contribution in [-0.4, -0.2) is 61.3 Å². The smallest absolute Gasteiger partial charge is 0.191 e. The molecule has 0 amide bonds. The lowest BCUT2D eigenvalue weighted by atomic mass is 10.0. The molecule has 0 atom stereocenters. The van der Waals surface area contributed by atoms with Crippen LogP contribution >= 0.6 is 11.3 Å². The van der Waals surface area contributed by atoms with Gasteiger partial charge in [0.2, 0.25) is 0 Å². The highest BCUT2D eigenvalue weighted by Gasteiger charge is 2.28. The van der Waals surface area contributed by atoms with Gasteiger partial charge in [-0.3, -0.25) is 9.89 Å². The zero-order chi connectivity index (χ0) is 21.0. The summed E-state index contributed by atoms with van der Waals surface area (Å²) in [5, 5.41) is 7.68. The summed E-state index contributed by atoms with van der Waals surface area (Å²) >= 11 is 1.64. The first kappa shape index (κ1) is 20.8. The van der Waals surface area contributed by atoms with E-state index in [9.17, 15) is 0 Å². The Morgan fingerprint density at radius 3 is 2.73 bits per heavy atom. The second-order valence-electron chi connectivity index (χ2n) is 7.94. The molecule has 1 aliphatic heterocycles. The molecule has 1 aromatic carbocycles. The summed E-state index contributed by atoms with van der Waals surface area (Å²) in [6.07, 6.45) is 0. The van der Waals surface area contributed by atoms with Crippen LogP contribution in [-0.2, 0) is 11.3 Å². The van der Waals surface area contributed by atoms with Gasteiger partial charge >= 0.3 is 0 Å². The Labute approximate surface area is 181 Å². The first-order chi connectivity index (χ1) is 14.5. The summed E-state index contributed by atoms with van der Waals surface area (Å²) in [5.41, 5.74) is 1.02. The summed E-state index contributed by atoms with van der Waals surface area (Å²) in [5.74, 6) is 2.40. The van der Waals surface area contributed by atoms with Gasteiger partial charge in [-0.2, -0.15) is 0 Å². The fourth-order valence-electron chi connectivity index (χ4n) is 3.54. The molecule has 2 aromatic heterocycles. The van der Waals surface area contributed by atoms with Gasteiger partial charge in [0.05, 0.1) is 30.0 Å². The molecule has 4 rings (SSSR count). The van der Waals surface area contributed by atoms with Crippen molar-refractivity contribution < 1.29 is 9.15 Å². The van der Waals surface area contributed by atoms with E-state index >= 15 is 0 Å². The van der Waals surface area contributed by atoms with Crippen molar-refractivity contribution in [3.05, 3.63) is 42.2 Å².